The molecule has 0 aliphatic heterocycles. The predicted octanol–water partition coefficient (Wildman–Crippen LogP) is 2.09. The summed E-state index contributed by atoms with van der Waals surface area (Å²) in [5, 5.41) is 1.05. The van der Waals surface area contributed by atoms with Crippen LogP contribution in [0.3, 0.4) is 0 Å². The zero-order valence-electron chi connectivity index (χ0n) is 8.14. The van der Waals surface area contributed by atoms with Crippen LogP contribution in [0.1, 0.15) is 1.37 Å². The Balaban J connectivity index is 2.99. The van der Waals surface area contributed by atoms with E-state index >= 15 is 0 Å². The molecular weight excluding hydrogens is 200 g/mol. The zero-order valence-corrected chi connectivity index (χ0v) is 7.95. The Morgan fingerprint density at radius 1 is 1.14 bits per heavy atom. The van der Waals surface area contributed by atoms with Gasteiger partial charge < -0.3 is 0 Å². The molecule has 0 amide bonds. The minimum atomic E-state index is -4.35. The minimum absolute atomic E-state index is 0.198. The van der Waals surface area contributed by atoms with Crippen molar-refractivity contribution in [1.82, 2.24) is 0 Å². The molecule has 0 heterocycles. The summed E-state index contributed by atoms with van der Waals surface area (Å²) in [6.45, 7) is 0. The largest absolute Gasteiger partial charge is 0.295 e. The first-order chi connectivity index (χ1) is 7.00. The van der Waals surface area contributed by atoms with Crippen LogP contribution in [-0.2, 0) is 10.1 Å². The number of benzene rings is 2. The Morgan fingerprint density at radius 2 is 1.79 bits per heavy atom. The third kappa shape index (κ3) is 1.49. The van der Waals surface area contributed by atoms with Crippen molar-refractivity contribution < 1.29 is 14.3 Å². The molecule has 0 aliphatic carbocycles. The van der Waals surface area contributed by atoms with E-state index in [1.807, 2.05) is 0 Å². The zero-order chi connectivity index (χ0) is 11.1. The lowest BCUT2D eigenvalue weighted by Gasteiger charge is -2.02. The monoisotopic (exact) mass is 209 g/mol. The first kappa shape index (κ1) is 7.96. The predicted molar refractivity (Wildman–Crippen MR) is 53.8 cm³/mol. The topological polar surface area (TPSA) is 54.4 Å². The average Bonchev–Trinajstić information content (AvgIpc) is 2.15. The number of hydrogen-bond donors (Lipinski definition) is 1. The second-order valence-corrected chi connectivity index (χ2v) is 4.23. The van der Waals surface area contributed by atoms with E-state index in [4.69, 9.17) is 5.92 Å². The normalized spacial score (nSPS) is 12.8. The van der Waals surface area contributed by atoms with E-state index in [0.717, 1.165) is 0 Å². The quantitative estimate of drug-likeness (QED) is 0.731. The molecule has 0 spiro atoms. The number of hydrogen-bond acceptors (Lipinski definition) is 2. The van der Waals surface area contributed by atoms with Crippen molar-refractivity contribution in [3.05, 3.63) is 42.4 Å². The van der Waals surface area contributed by atoms with Gasteiger partial charge in [0.15, 0.2) is 0 Å². The van der Waals surface area contributed by atoms with Crippen LogP contribution in [0.25, 0.3) is 10.8 Å². The average molecular weight is 209 g/mol. The lowest BCUT2D eigenvalue weighted by molar-refractivity contribution is 0.484. The molecule has 0 radical (unpaired) electrons. The molecule has 4 heteroatoms. The van der Waals surface area contributed by atoms with Crippen LogP contribution < -0.4 is 0 Å². The molecule has 0 bridgehead atoms. The van der Waals surface area contributed by atoms with Crippen LogP contribution in [-0.4, -0.2) is 13.0 Å². The van der Waals surface area contributed by atoms with Crippen molar-refractivity contribution in [3.63, 3.8) is 0 Å². The highest BCUT2D eigenvalue weighted by molar-refractivity contribution is 7.86. The summed E-state index contributed by atoms with van der Waals surface area (Å²) in [7, 11) is -4.35. The molecule has 0 fully saturated rings. The molecule has 2 aromatic rings. The van der Waals surface area contributed by atoms with E-state index in [2.05, 4.69) is 0 Å². The molecular formula is C10H8O3S. The van der Waals surface area contributed by atoms with E-state index in [0.29, 0.717) is 10.8 Å². The highest BCUT2D eigenvalue weighted by atomic mass is 32.2. The molecule has 0 atom stereocenters. The van der Waals surface area contributed by atoms with Crippen LogP contribution in [0.15, 0.2) is 47.3 Å². The van der Waals surface area contributed by atoms with Crippen molar-refractivity contribution in [2.24, 2.45) is 0 Å². The Bertz CT molecular complexity index is 620. The SMILES string of the molecule is [2H]c1ccc2ccccc2c1S(=O)(=O)O. The molecule has 72 valence electrons. The van der Waals surface area contributed by atoms with Crippen LogP contribution in [0, 0.1) is 0 Å². The van der Waals surface area contributed by atoms with Gasteiger partial charge in [-0.2, -0.15) is 8.42 Å². The standard InChI is InChI=1S/C10H8O3S/c11-14(12,13)10-7-3-5-8-4-1-2-6-9(8)10/h1-7H,(H,11,12,13)/i7D. The van der Waals surface area contributed by atoms with E-state index in [9.17, 15) is 8.42 Å². The van der Waals surface area contributed by atoms with Gasteiger partial charge in [0, 0.05) is 5.39 Å². The van der Waals surface area contributed by atoms with Gasteiger partial charge in [-0.25, -0.2) is 0 Å². The van der Waals surface area contributed by atoms with Crippen molar-refractivity contribution in [2.75, 3.05) is 0 Å². The second kappa shape index (κ2) is 3.08. The Kier molecular flexibility index (Phi) is 1.75. The molecule has 1 N–H and O–H groups in total. The molecule has 2 rings (SSSR count). The Morgan fingerprint density at radius 3 is 2.50 bits per heavy atom. The molecule has 0 saturated carbocycles. The highest BCUT2D eigenvalue weighted by Crippen LogP contribution is 2.21. The maximum Gasteiger partial charge on any atom is 0.295 e. The maximum absolute atomic E-state index is 11.1. The molecule has 0 saturated heterocycles. The summed E-state index contributed by atoms with van der Waals surface area (Å²) < 4.78 is 38.7. The lowest BCUT2D eigenvalue weighted by Crippen LogP contribution is -1.98. The van der Waals surface area contributed by atoms with Gasteiger partial charge in [0.25, 0.3) is 10.1 Å². The van der Waals surface area contributed by atoms with Crippen LogP contribution in [0.2, 0.25) is 0 Å². The summed E-state index contributed by atoms with van der Waals surface area (Å²) in [6, 6.07) is 9.52. The minimum Gasteiger partial charge on any atom is -0.282 e. The molecule has 0 aromatic heterocycles. The number of fused-ring (bicyclic) bond motifs is 1. The smallest absolute Gasteiger partial charge is 0.282 e. The first-order valence-corrected chi connectivity index (χ1v) is 5.40. The van der Waals surface area contributed by atoms with Crippen molar-refractivity contribution in [1.29, 1.82) is 0 Å². The molecule has 2 aromatic carbocycles. The third-order valence-electron chi connectivity index (χ3n) is 1.94. The Hall–Kier alpha value is -1.39. The Labute approximate surface area is 83.1 Å². The lowest BCUT2D eigenvalue weighted by atomic mass is 10.1. The molecule has 14 heavy (non-hydrogen) atoms. The summed E-state index contributed by atoms with van der Waals surface area (Å²) in [5.41, 5.74) is 0. The van der Waals surface area contributed by atoms with E-state index in [1.54, 1.807) is 30.3 Å². The summed E-state index contributed by atoms with van der Waals surface area (Å²) >= 11 is 0. The fourth-order valence-electron chi connectivity index (χ4n) is 1.35. The van der Waals surface area contributed by atoms with Crippen molar-refractivity contribution in [2.45, 2.75) is 4.90 Å². The fourth-order valence-corrected chi connectivity index (χ4v) is 2.03. The molecule has 0 unspecified atom stereocenters. The summed E-state index contributed by atoms with van der Waals surface area (Å²) in [5.74, 6) is 0. The van der Waals surface area contributed by atoms with Gasteiger partial charge in [0.05, 0.1) is 1.37 Å². The van der Waals surface area contributed by atoms with Gasteiger partial charge in [0.2, 0.25) is 0 Å². The maximum atomic E-state index is 11.1. The van der Waals surface area contributed by atoms with E-state index < -0.39 is 10.1 Å². The first-order valence-electron chi connectivity index (χ1n) is 4.46. The number of rotatable bonds is 1. The van der Waals surface area contributed by atoms with Crippen LogP contribution in [0.4, 0.5) is 0 Å². The second-order valence-electron chi connectivity index (χ2n) is 2.87. The summed E-state index contributed by atoms with van der Waals surface area (Å²) in [6.07, 6.45) is 0. The third-order valence-corrected chi connectivity index (χ3v) is 2.79. The van der Waals surface area contributed by atoms with Crippen molar-refractivity contribution in [3.8, 4) is 0 Å². The molecule has 3 nitrogen and oxygen atoms in total. The van der Waals surface area contributed by atoms with Gasteiger partial charge in [-0.1, -0.05) is 36.4 Å². The van der Waals surface area contributed by atoms with Crippen molar-refractivity contribution >= 4 is 20.9 Å². The van der Waals surface area contributed by atoms with Gasteiger partial charge >= 0.3 is 0 Å². The van der Waals surface area contributed by atoms with E-state index in [-0.39, 0.29) is 10.9 Å². The van der Waals surface area contributed by atoms with Crippen LogP contribution in [0.5, 0.6) is 0 Å². The van der Waals surface area contributed by atoms with Gasteiger partial charge in [-0.3, -0.25) is 4.55 Å². The fraction of sp³-hybridized carbons (Fsp3) is 0. The summed E-state index contributed by atoms with van der Waals surface area (Å²) in [4.78, 5) is -0.333. The van der Waals surface area contributed by atoms with Gasteiger partial charge in [-0.15, -0.1) is 0 Å². The highest BCUT2D eigenvalue weighted by Gasteiger charge is 2.12. The van der Waals surface area contributed by atoms with Crippen LogP contribution >= 0.6 is 0 Å². The van der Waals surface area contributed by atoms with E-state index in [1.165, 1.54) is 6.07 Å². The van der Waals surface area contributed by atoms with Gasteiger partial charge in [0.1, 0.15) is 4.90 Å². The molecule has 0 aliphatic rings. The van der Waals surface area contributed by atoms with Gasteiger partial charge in [-0.05, 0) is 11.4 Å².